The summed E-state index contributed by atoms with van der Waals surface area (Å²) in [5, 5.41) is 7.88. The van der Waals surface area contributed by atoms with Crippen LogP contribution < -0.4 is 11.3 Å². The molecule has 14 heteroatoms. The average Bonchev–Trinajstić information content (AvgIpc) is 2.92. The number of ketones is 1. The molecule has 0 saturated carbocycles. The smallest absolute Gasteiger partial charge is 0.389 e. The zero-order valence-electron chi connectivity index (χ0n) is 23.6. The first-order valence-electron chi connectivity index (χ1n) is 12.9. The van der Waals surface area contributed by atoms with Crippen molar-refractivity contribution in [2.75, 3.05) is 7.11 Å². The van der Waals surface area contributed by atoms with Crippen molar-refractivity contribution in [3.63, 3.8) is 0 Å². The molecule has 0 fully saturated rings. The Kier molecular flexibility index (Phi) is 18.9. The van der Waals surface area contributed by atoms with Crippen molar-refractivity contribution in [2.24, 2.45) is 5.73 Å². The first-order valence-corrected chi connectivity index (χ1v) is 13.6. The molecule has 236 valence electrons. The molecule has 0 radical (unpaired) electrons. The quantitative estimate of drug-likeness (QED) is 0.0670. The molecule has 0 unspecified atom stereocenters. The molecule has 43 heavy (non-hydrogen) atoms. The van der Waals surface area contributed by atoms with Crippen molar-refractivity contribution in [3.05, 3.63) is 86.4 Å². The summed E-state index contributed by atoms with van der Waals surface area (Å²) < 4.78 is 40.7. The standard InChI is InChI=1S/C14H12ClF3N2O.C10H9ClO3.C5H12N2.ClH/c15-10-5-3-9(4-6-10)11-8-13(21)20-12(19-11)2-1-7-14(16,17)18;1-14-10(13)6-9(12)7-2-4-8(11)5-3-7;1-2-3-4-5(6)7;/h3-6,8H,1-2,7H2,(H,19,20,21);2-5H,6H2,1H3;2-4H2,1H3,(H3,6,7);1H. The maximum Gasteiger partial charge on any atom is 0.389 e. The van der Waals surface area contributed by atoms with E-state index in [1.54, 1.807) is 48.5 Å². The lowest BCUT2D eigenvalue weighted by atomic mass is 10.1. The number of Topliss-reactive ketones (excluding diaryl/α,β-unsaturated/α-hetero) is 1. The fourth-order valence-corrected chi connectivity index (χ4v) is 3.41. The molecular formula is C29H34Cl3F3N4O4. The lowest BCUT2D eigenvalue weighted by Crippen LogP contribution is -2.13. The van der Waals surface area contributed by atoms with Crippen molar-refractivity contribution in [2.45, 2.75) is 58.0 Å². The summed E-state index contributed by atoms with van der Waals surface area (Å²) in [7, 11) is 1.25. The number of aromatic amines is 1. The number of benzene rings is 2. The third kappa shape index (κ3) is 18.0. The van der Waals surface area contributed by atoms with Crippen LogP contribution in [0, 0.1) is 5.41 Å². The second kappa shape index (κ2) is 20.5. The molecule has 3 aromatic rings. The highest BCUT2D eigenvalue weighted by Gasteiger charge is 2.26. The molecule has 0 saturated heterocycles. The topological polar surface area (TPSA) is 139 Å². The molecule has 0 spiro atoms. The Bertz CT molecular complexity index is 1350. The van der Waals surface area contributed by atoms with Gasteiger partial charge in [-0.2, -0.15) is 13.2 Å². The number of nitrogens with one attached hydrogen (secondary N) is 2. The molecule has 2 aromatic carbocycles. The van der Waals surface area contributed by atoms with Gasteiger partial charge in [0.25, 0.3) is 5.56 Å². The number of hydrogen-bond donors (Lipinski definition) is 3. The van der Waals surface area contributed by atoms with Gasteiger partial charge in [0.05, 0.1) is 18.6 Å². The van der Waals surface area contributed by atoms with Gasteiger partial charge in [-0.3, -0.25) is 19.8 Å². The first kappa shape index (κ1) is 39.6. The molecule has 0 amide bonds. The maximum atomic E-state index is 12.1. The summed E-state index contributed by atoms with van der Waals surface area (Å²) in [6, 6.07) is 14.4. The summed E-state index contributed by atoms with van der Waals surface area (Å²) in [6.07, 6.45) is -2.45. The third-order valence-electron chi connectivity index (χ3n) is 5.30. The Balaban J connectivity index is 0.000000693. The number of carbonyl (C=O) groups excluding carboxylic acids is 2. The number of aromatic nitrogens is 2. The van der Waals surface area contributed by atoms with Crippen LogP contribution in [0.2, 0.25) is 10.0 Å². The fraction of sp³-hybridized carbons (Fsp3) is 0.345. The van der Waals surface area contributed by atoms with E-state index in [9.17, 15) is 27.6 Å². The number of esters is 1. The predicted molar refractivity (Wildman–Crippen MR) is 165 cm³/mol. The van der Waals surface area contributed by atoms with Gasteiger partial charge in [0, 0.05) is 46.5 Å². The number of hydrogen-bond acceptors (Lipinski definition) is 6. The zero-order valence-corrected chi connectivity index (χ0v) is 25.9. The van der Waals surface area contributed by atoms with E-state index in [1.807, 2.05) is 0 Å². The van der Waals surface area contributed by atoms with Gasteiger partial charge in [0.1, 0.15) is 12.2 Å². The van der Waals surface area contributed by atoms with E-state index >= 15 is 0 Å². The van der Waals surface area contributed by atoms with Gasteiger partial charge >= 0.3 is 12.1 Å². The van der Waals surface area contributed by atoms with E-state index in [0.29, 0.717) is 32.7 Å². The number of unbranched alkanes of at least 4 members (excludes halogenated alkanes) is 1. The van der Waals surface area contributed by atoms with Gasteiger partial charge in [-0.15, -0.1) is 12.4 Å². The Morgan fingerprint density at radius 1 is 1.02 bits per heavy atom. The molecule has 3 rings (SSSR count). The van der Waals surface area contributed by atoms with Crippen LogP contribution in [0.15, 0.2) is 59.4 Å². The normalized spacial score (nSPS) is 10.2. The van der Waals surface area contributed by atoms with E-state index in [1.165, 1.54) is 13.2 Å². The second-order valence-electron chi connectivity index (χ2n) is 8.86. The number of H-pyrrole nitrogens is 1. The fourth-order valence-electron chi connectivity index (χ4n) is 3.16. The highest BCUT2D eigenvalue weighted by molar-refractivity contribution is 6.31. The van der Waals surface area contributed by atoms with E-state index < -0.39 is 24.1 Å². The number of nitrogens with two attached hydrogens (primary N) is 1. The average molecular weight is 666 g/mol. The predicted octanol–water partition coefficient (Wildman–Crippen LogP) is 7.60. The highest BCUT2D eigenvalue weighted by Crippen LogP contribution is 2.23. The van der Waals surface area contributed by atoms with Crippen molar-refractivity contribution < 1.29 is 27.5 Å². The summed E-state index contributed by atoms with van der Waals surface area (Å²) in [5.41, 5.74) is 6.23. The van der Waals surface area contributed by atoms with Gasteiger partial charge < -0.3 is 15.5 Å². The Hall–Kier alpha value is -3.41. The number of rotatable bonds is 10. The lowest BCUT2D eigenvalue weighted by Gasteiger charge is -2.07. The molecule has 1 heterocycles. The number of carbonyl (C=O) groups is 2. The molecule has 0 atom stereocenters. The van der Waals surface area contributed by atoms with Gasteiger partial charge in [0.15, 0.2) is 5.78 Å². The molecule has 8 nitrogen and oxygen atoms in total. The highest BCUT2D eigenvalue weighted by atomic mass is 35.5. The minimum atomic E-state index is -4.20. The van der Waals surface area contributed by atoms with Crippen LogP contribution in [-0.4, -0.2) is 40.8 Å². The van der Waals surface area contributed by atoms with E-state index in [2.05, 4.69) is 21.6 Å². The summed E-state index contributed by atoms with van der Waals surface area (Å²) >= 11 is 11.4. The van der Waals surface area contributed by atoms with Crippen molar-refractivity contribution in [3.8, 4) is 11.3 Å². The SMILES string of the molecule is CCCCC(=N)N.COC(=O)CC(=O)c1ccc(Cl)cc1.Cl.O=c1cc(-c2ccc(Cl)cc2)nc(CCCC(F)(F)F)[nH]1. The van der Waals surface area contributed by atoms with Crippen molar-refractivity contribution >= 4 is 53.2 Å². The second-order valence-corrected chi connectivity index (χ2v) is 9.74. The number of nitrogens with zero attached hydrogens (tertiary/aromatic N) is 1. The number of alkyl halides is 3. The number of aryl methyl sites for hydroxylation is 1. The lowest BCUT2D eigenvalue weighted by molar-refractivity contribution is -0.139. The van der Waals surface area contributed by atoms with Crippen LogP contribution in [0.25, 0.3) is 11.3 Å². The zero-order chi connectivity index (χ0) is 31.7. The summed E-state index contributed by atoms with van der Waals surface area (Å²) in [4.78, 5) is 40.4. The number of halogens is 6. The molecule has 0 aliphatic heterocycles. The number of ether oxygens (including phenoxy) is 1. The minimum Gasteiger partial charge on any atom is -0.469 e. The van der Waals surface area contributed by atoms with Gasteiger partial charge in [-0.05, 0) is 49.2 Å². The van der Waals surface area contributed by atoms with Crippen LogP contribution in [0.3, 0.4) is 0 Å². The molecule has 4 N–H and O–H groups in total. The summed E-state index contributed by atoms with van der Waals surface area (Å²) in [5.74, 6) is -0.253. The van der Waals surface area contributed by atoms with E-state index in [4.69, 9.17) is 34.3 Å². The van der Waals surface area contributed by atoms with Crippen LogP contribution in [-0.2, 0) is 16.0 Å². The van der Waals surface area contributed by atoms with Crippen LogP contribution in [0.5, 0.6) is 0 Å². The Morgan fingerprint density at radius 2 is 1.58 bits per heavy atom. The van der Waals surface area contributed by atoms with Crippen molar-refractivity contribution in [1.82, 2.24) is 9.97 Å². The van der Waals surface area contributed by atoms with Gasteiger partial charge in [-0.1, -0.05) is 48.7 Å². The largest absolute Gasteiger partial charge is 0.469 e. The van der Waals surface area contributed by atoms with E-state index in [0.717, 1.165) is 19.3 Å². The molecular weight excluding hydrogens is 632 g/mol. The first-order chi connectivity index (χ1) is 19.7. The Labute approximate surface area is 264 Å². The molecule has 0 bridgehead atoms. The molecule has 0 aliphatic rings. The minimum absolute atomic E-state index is 0. The third-order valence-corrected chi connectivity index (χ3v) is 5.81. The number of methoxy groups -OCH3 is 1. The van der Waals surface area contributed by atoms with Crippen LogP contribution in [0.4, 0.5) is 13.2 Å². The van der Waals surface area contributed by atoms with E-state index in [-0.39, 0.29) is 43.3 Å². The monoisotopic (exact) mass is 664 g/mol. The molecule has 1 aromatic heterocycles. The van der Waals surface area contributed by atoms with Gasteiger partial charge in [0.2, 0.25) is 0 Å². The van der Waals surface area contributed by atoms with Crippen LogP contribution >= 0.6 is 35.6 Å². The van der Waals surface area contributed by atoms with Crippen LogP contribution in [0.1, 0.15) is 61.6 Å². The van der Waals surface area contributed by atoms with Gasteiger partial charge in [-0.25, -0.2) is 4.98 Å². The Morgan fingerprint density at radius 3 is 2.05 bits per heavy atom. The maximum absolute atomic E-state index is 12.1. The number of amidine groups is 1. The summed E-state index contributed by atoms with van der Waals surface area (Å²) in [6.45, 7) is 2.09. The molecule has 0 aliphatic carbocycles. The van der Waals surface area contributed by atoms with Crippen molar-refractivity contribution in [1.29, 1.82) is 5.41 Å².